The summed E-state index contributed by atoms with van der Waals surface area (Å²) < 4.78 is 0. The van der Waals surface area contributed by atoms with Crippen LogP contribution in [0.2, 0.25) is 0 Å². The minimum atomic E-state index is -0.681. The second-order valence-corrected chi connectivity index (χ2v) is 5.10. The number of hydrogen-bond acceptors (Lipinski definition) is 3. The van der Waals surface area contributed by atoms with Crippen LogP contribution in [0.15, 0.2) is 24.5 Å². The van der Waals surface area contributed by atoms with Gasteiger partial charge in [-0.3, -0.25) is 9.59 Å². The molecule has 6 nitrogen and oxygen atoms in total. The van der Waals surface area contributed by atoms with E-state index in [-0.39, 0.29) is 18.2 Å². The summed E-state index contributed by atoms with van der Waals surface area (Å²) in [4.78, 5) is 30.6. The summed E-state index contributed by atoms with van der Waals surface area (Å²) in [6.45, 7) is 2.17. The summed E-state index contributed by atoms with van der Waals surface area (Å²) in [6, 6.07) is 5.46. The van der Waals surface area contributed by atoms with Gasteiger partial charge in [-0.1, -0.05) is 0 Å². The molecule has 2 aromatic rings. The minimum Gasteiger partial charge on any atom is -0.355 e. The van der Waals surface area contributed by atoms with Crippen LogP contribution in [0, 0.1) is 5.41 Å². The third-order valence-corrected chi connectivity index (χ3v) is 3.45. The van der Waals surface area contributed by atoms with Crippen LogP contribution in [0.1, 0.15) is 13.3 Å². The first-order valence-electron chi connectivity index (χ1n) is 6.08. The molecule has 19 heavy (non-hydrogen) atoms. The third kappa shape index (κ3) is 2.05. The van der Waals surface area contributed by atoms with Gasteiger partial charge in [-0.15, -0.1) is 0 Å². The van der Waals surface area contributed by atoms with E-state index in [4.69, 9.17) is 0 Å². The van der Waals surface area contributed by atoms with Gasteiger partial charge in [0.05, 0.1) is 22.8 Å². The van der Waals surface area contributed by atoms with Crippen LogP contribution in [0.4, 0.5) is 5.69 Å². The van der Waals surface area contributed by atoms with E-state index in [9.17, 15) is 9.59 Å². The average molecular weight is 258 g/mol. The van der Waals surface area contributed by atoms with Crippen LogP contribution < -0.4 is 10.6 Å². The van der Waals surface area contributed by atoms with E-state index >= 15 is 0 Å². The summed E-state index contributed by atoms with van der Waals surface area (Å²) in [5.74, 6) is -0.230. The van der Waals surface area contributed by atoms with E-state index in [1.54, 1.807) is 19.3 Å². The highest BCUT2D eigenvalue weighted by Crippen LogP contribution is 2.27. The van der Waals surface area contributed by atoms with Crippen molar-refractivity contribution in [2.24, 2.45) is 5.41 Å². The number of benzene rings is 1. The van der Waals surface area contributed by atoms with Crippen molar-refractivity contribution in [1.82, 2.24) is 15.3 Å². The van der Waals surface area contributed by atoms with Crippen LogP contribution in [0.5, 0.6) is 0 Å². The van der Waals surface area contributed by atoms with Crippen LogP contribution in [-0.4, -0.2) is 28.3 Å². The molecule has 3 rings (SSSR count). The molecule has 1 fully saturated rings. The third-order valence-electron chi connectivity index (χ3n) is 3.45. The van der Waals surface area contributed by atoms with Gasteiger partial charge in [0, 0.05) is 18.7 Å². The van der Waals surface area contributed by atoms with Gasteiger partial charge in [0.25, 0.3) is 0 Å². The van der Waals surface area contributed by atoms with Gasteiger partial charge in [0.15, 0.2) is 0 Å². The van der Waals surface area contributed by atoms with Gasteiger partial charge in [-0.2, -0.15) is 0 Å². The number of anilines is 1. The van der Waals surface area contributed by atoms with Crippen LogP contribution >= 0.6 is 0 Å². The zero-order valence-corrected chi connectivity index (χ0v) is 10.5. The average Bonchev–Trinajstić information content (AvgIpc) is 2.96. The summed E-state index contributed by atoms with van der Waals surface area (Å²) >= 11 is 0. The highest BCUT2D eigenvalue weighted by atomic mass is 16.2. The second-order valence-electron chi connectivity index (χ2n) is 5.10. The first-order chi connectivity index (χ1) is 9.07. The molecule has 1 atom stereocenters. The molecule has 2 heterocycles. The van der Waals surface area contributed by atoms with Crippen LogP contribution in [-0.2, 0) is 9.59 Å². The Balaban J connectivity index is 1.80. The Morgan fingerprint density at radius 3 is 3.05 bits per heavy atom. The molecule has 1 aromatic heterocycles. The molecule has 1 saturated heterocycles. The van der Waals surface area contributed by atoms with Gasteiger partial charge in [0.1, 0.15) is 0 Å². The number of nitrogens with zero attached hydrogens (tertiary/aromatic N) is 1. The van der Waals surface area contributed by atoms with Gasteiger partial charge in [0.2, 0.25) is 11.8 Å². The molecular weight excluding hydrogens is 244 g/mol. The standard InChI is InChI=1S/C13H14N4O2/c1-13(5-11(18)14-6-13)12(19)17-8-2-3-9-10(4-8)16-7-15-9/h2-4,7H,5-6H2,1H3,(H,14,18)(H,15,16)(H,17,19). The molecule has 1 aromatic carbocycles. The summed E-state index contributed by atoms with van der Waals surface area (Å²) in [7, 11) is 0. The number of amides is 2. The Labute approximate surface area is 109 Å². The lowest BCUT2D eigenvalue weighted by Gasteiger charge is -2.20. The van der Waals surface area contributed by atoms with E-state index in [0.717, 1.165) is 11.0 Å². The minimum absolute atomic E-state index is 0.0818. The fourth-order valence-electron chi connectivity index (χ4n) is 2.23. The fourth-order valence-corrected chi connectivity index (χ4v) is 2.23. The van der Waals surface area contributed by atoms with Crippen molar-refractivity contribution in [3.8, 4) is 0 Å². The lowest BCUT2D eigenvalue weighted by Crippen LogP contribution is -2.35. The van der Waals surface area contributed by atoms with Gasteiger partial charge < -0.3 is 15.6 Å². The van der Waals surface area contributed by atoms with E-state index < -0.39 is 5.41 Å². The molecule has 3 N–H and O–H groups in total. The smallest absolute Gasteiger partial charge is 0.232 e. The Bertz CT molecular complexity index is 663. The van der Waals surface area contributed by atoms with Crippen molar-refractivity contribution in [2.75, 3.05) is 11.9 Å². The number of aromatic nitrogens is 2. The van der Waals surface area contributed by atoms with E-state index in [2.05, 4.69) is 20.6 Å². The molecule has 6 heteroatoms. The number of fused-ring (bicyclic) bond motifs is 1. The monoisotopic (exact) mass is 258 g/mol. The predicted molar refractivity (Wildman–Crippen MR) is 70.5 cm³/mol. The van der Waals surface area contributed by atoms with Crippen LogP contribution in [0.3, 0.4) is 0 Å². The molecule has 0 spiro atoms. The van der Waals surface area contributed by atoms with Gasteiger partial charge in [-0.25, -0.2) is 4.98 Å². The van der Waals surface area contributed by atoms with E-state index in [0.29, 0.717) is 12.2 Å². The topological polar surface area (TPSA) is 86.9 Å². The van der Waals surface area contributed by atoms with Gasteiger partial charge in [-0.05, 0) is 25.1 Å². The molecule has 0 bridgehead atoms. The molecule has 1 aliphatic heterocycles. The number of carbonyl (C=O) groups excluding carboxylic acids is 2. The van der Waals surface area contributed by atoms with Crippen molar-refractivity contribution >= 4 is 28.5 Å². The molecule has 2 amide bonds. The van der Waals surface area contributed by atoms with Gasteiger partial charge >= 0.3 is 0 Å². The number of carbonyl (C=O) groups is 2. The summed E-state index contributed by atoms with van der Waals surface area (Å²) in [6.07, 6.45) is 1.84. The Kier molecular flexibility index (Phi) is 2.51. The first-order valence-corrected chi connectivity index (χ1v) is 6.08. The Hall–Kier alpha value is -2.37. The zero-order chi connectivity index (χ0) is 13.5. The van der Waals surface area contributed by atoms with E-state index in [1.165, 1.54) is 0 Å². The number of aromatic amines is 1. The molecule has 98 valence electrons. The number of rotatable bonds is 2. The maximum Gasteiger partial charge on any atom is 0.232 e. The first kappa shape index (κ1) is 11.7. The summed E-state index contributed by atoms with van der Waals surface area (Å²) in [5, 5.41) is 5.53. The van der Waals surface area contributed by atoms with Crippen molar-refractivity contribution in [1.29, 1.82) is 0 Å². The molecule has 1 aliphatic rings. The largest absolute Gasteiger partial charge is 0.355 e. The van der Waals surface area contributed by atoms with Crippen molar-refractivity contribution in [3.63, 3.8) is 0 Å². The SMILES string of the molecule is CC1(C(=O)Nc2ccc3nc[nH]c3c2)CNC(=O)C1. The Morgan fingerprint density at radius 2 is 2.32 bits per heavy atom. The number of H-pyrrole nitrogens is 1. The zero-order valence-electron chi connectivity index (χ0n) is 10.5. The molecular formula is C13H14N4O2. The lowest BCUT2D eigenvalue weighted by atomic mass is 9.88. The quantitative estimate of drug-likeness (QED) is 0.751. The number of imidazole rings is 1. The number of nitrogens with one attached hydrogen (secondary N) is 3. The van der Waals surface area contributed by atoms with E-state index in [1.807, 2.05) is 12.1 Å². The Morgan fingerprint density at radius 1 is 1.47 bits per heavy atom. The van der Waals surface area contributed by atoms with Crippen molar-refractivity contribution in [3.05, 3.63) is 24.5 Å². The molecule has 0 aliphatic carbocycles. The van der Waals surface area contributed by atoms with Crippen LogP contribution in [0.25, 0.3) is 11.0 Å². The number of hydrogen-bond donors (Lipinski definition) is 3. The summed E-state index contributed by atoms with van der Waals surface area (Å²) in [5.41, 5.74) is 1.73. The maximum atomic E-state index is 12.2. The highest BCUT2D eigenvalue weighted by molar-refractivity contribution is 6.00. The highest BCUT2D eigenvalue weighted by Gasteiger charge is 2.40. The molecule has 1 unspecified atom stereocenters. The molecule has 0 saturated carbocycles. The maximum absolute atomic E-state index is 12.2. The second kappa shape index (κ2) is 4.08. The normalized spacial score (nSPS) is 22.5. The fraction of sp³-hybridized carbons (Fsp3) is 0.308. The molecule has 0 radical (unpaired) electrons. The lowest BCUT2D eigenvalue weighted by molar-refractivity contribution is -0.126. The van der Waals surface area contributed by atoms with Crippen molar-refractivity contribution in [2.45, 2.75) is 13.3 Å². The van der Waals surface area contributed by atoms with Crippen molar-refractivity contribution < 1.29 is 9.59 Å². The predicted octanol–water partition coefficient (Wildman–Crippen LogP) is 1.03.